The molecule has 2 amide bonds. The number of nitrogens with two attached hydrogens (primary N) is 1. The number of primary amides is 1. The minimum Gasteiger partial charge on any atom is -0.365 e. The highest BCUT2D eigenvalue weighted by atomic mass is 32.1. The zero-order chi connectivity index (χ0) is 23.7. The fourth-order valence-corrected chi connectivity index (χ4v) is 7.33. The van der Waals surface area contributed by atoms with E-state index in [0.29, 0.717) is 30.2 Å². The smallest absolute Gasteiger partial charge is 0.258 e. The van der Waals surface area contributed by atoms with Crippen LogP contribution >= 0.6 is 22.7 Å². The first-order chi connectivity index (χ1) is 16.5. The number of hydrogen-bond acceptors (Lipinski definition) is 9. The van der Waals surface area contributed by atoms with Crippen molar-refractivity contribution in [3.8, 4) is 6.07 Å². The van der Waals surface area contributed by atoms with E-state index in [4.69, 9.17) is 5.73 Å². The summed E-state index contributed by atoms with van der Waals surface area (Å²) in [7, 11) is 0. The third-order valence-corrected chi connectivity index (χ3v) is 9.00. The van der Waals surface area contributed by atoms with E-state index in [1.807, 2.05) is 6.07 Å². The molecule has 3 aromatic rings. The molecule has 1 aliphatic carbocycles. The van der Waals surface area contributed by atoms with Crippen molar-refractivity contribution in [2.75, 3.05) is 19.6 Å². The molecule has 4 heterocycles. The lowest BCUT2D eigenvalue weighted by atomic mass is 9.75. The lowest BCUT2D eigenvalue weighted by molar-refractivity contribution is -0.130. The standard InChI is InChI=1S/C22H24N8O2S2/c23-11-14-2-1-8-30(14)18(31)12-25-7-6-22(21-26-28-29-27-21)15-5-9-33-16(15)4-3-13-10-17(20(24)32)34-19(13)22/h5,9-10,14,25H,1-4,6-8,12H2,(H2,24,32)(H,26,27,28,29). The predicted octanol–water partition coefficient (Wildman–Crippen LogP) is 1.35. The topological polar surface area (TPSA) is 154 Å². The van der Waals surface area contributed by atoms with Crippen LogP contribution in [0.1, 0.15) is 55.6 Å². The zero-order valence-corrected chi connectivity index (χ0v) is 20.0. The molecule has 0 spiro atoms. The minimum absolute atomic E-state index is 0.0671. The van der Waals surface area contributed by atoms with Gasteiger partial charge in [-0.05, 0) is 67.3 Å². The summed E-state index contributed by atoms with van der Waals surface area (Å²) in [5, 5.41) is 29.8. The van der Waals surface area contributed by atoms with Gasteiger partial charge in [-0.2, -0.15) is 10.5 Å². The van der Waals surface area contributed by atoms with Crippen LogP contribution < -0.4 is 11.1 Å². The van der Waals surface area contributed by atoms with Crippen LogP contribution in [0.5, 0.6) is 0 Å². The van der Waals surface area contributed by atoms with Crippen LogP contribution in [-0.2, 0) is 23.1 Å². The van der Waals surface area contributed by atoms with Crippen molar-refractivity contribution in [3.05, 3.63) is 49.1 Å². The summed E-state index contributed by atoms with van der Waals surface area (Å²) in [4.78, 5) is 29.1. The Morgan fingerprint density at radius 2 is 2.29 bits per heavy atom. The minimum atomic E-state index is -0.717. The van der Waals surface area contributed by atoms with Gasteiger partial charge in [0.15, 0.2) is 5.82 Å². The molecule has 1 aliphatic heterocycles. The predicted molar refractivity (Wildman–Crippen MR) is 126 cm³/mol. The number of carbonyl (C=O) groups excluding carboxylic acids is 2. The highest BCUT2D eigenvalue weighted by molar-refractivity contribution is 7.14. The number of nitrogens with one attached hydrogen (secondary N) is 2. The van der Waals surface area contributed by atoms with Crippen LogP contribution in [0.4, 0.5) is 0 Å². The SMILES string of the molecule is N#CC1CCCN1C(=O)CNCCC1(c2nn[nH]n2)c2ccsc2CCc2cc(C(N)=O)sc21. The molecule has 10 nitrogen and oxygen atoms in total. The van der Waals surface area contributed by atoms with Gasteiger partial charge >= 0.3 is 0 Å². The van der Waals surface area contributed by atoms with Crippen molar-refractivity contribution >= 4 is 34.5 Å². The monoisotopic (exact) mass is 496 g/mol. The molecule has 12 heteroatoms. The van der Waals surface area contributed by atoms with Gasteiger partial charge in [0.2, 0.25) is 5.91 Å². The number of nitriles is 1. The maximum atomic E-state index is 12.7. The zero-order valence-electron chi connectivity index (χ0n) is 18.4. The van der Waals surface area contributed by atoms with Gasteiger partial charge in [0, 0.05) is 16.3 Å². The Hall–Kier alpha value is -3.14. The van der Waals surface area contributed by atoms with Crippen LogP contribution in [0.25, 0.3) is 0 Å². The number of aromatic nitrogens is 4. The van der Waals surface area contributed by atoms with Crippen molar-refractivity contribution in [1.82, 2.24) is 30.8 Å². The van der Waals surface area contributed by atoms with Gasteiger partial charge in [-0.15, -0.1) is 32.9 Å². The number of amides is 2. The first kappa shape index (κ1) is 22.6. The van der Waals surface area contributed by atoms with Crippen molar-refractivity contribution in [2.24, 2.45) is 5.73 Å². The van der Waals surface area contributed by atoms with Crippen LogP contribution in [0.15, 0.2) is 17.5 Å². The molecule has 3 aromatic heterocycles. The first-order valence-corrected chi connectivity index (χ1v) is 12.9. The van der Waals surface area contributed by atoms with Gasteiger partial charge in [-0.1, -0.05) is 5.21 Å². The molecular weight excluding hydrogens is 472 g/mol. The number of aryl methyl sites for hydroxylation is 2. The van der Waals surface area contributed by atoms with Crippen molar-refractivity contribution < 1.29 is 9.59 Å². The Morgan fingerprint density at radius 1 is 1.41 bits per heavy atom. The number of likely N-dealkylation sites (tertiary alicyclic amines) is 1. The Morgan fingerprint density at radius 3 is 3.06 bits per heavy atom. The van der Waals surface area contributed by atoms with Gasteiger partial charge in [-0.25, -0.2) is 0 Å². The summed E-state index contributed by atoms with van der Waals surface area (Å²) < 4.78 is 0. The molecule has 1 saturated heterocycles. The summed E-state index contributed by atoms with van der Waals surface area (Å²) in [6.45, 7) is 1.28. The van der Waals surface area contributed by atoms with Crippen molar-refractivity contribution in [3.63, 3.8) is 0 Å². The highest BCUT2D eigenvalue weighted by Gasteiger charge is 2.46. The third-order valence-electron chi connectivity index (χ3n) is 6.67. The molecule has 34 heavy (non-hydrogen) atoms. The number of tetrazole rings is 1. The van der Waals surface area contributed by atoms with E-state index in [2.05, 4.69) is 43.5 Å². The third kappa shape index (κ3) is 3.79. The van der Waals surface area contributed by atoms with E-state index in [9.17, 15) is 14.9 Å². The van der Waals surface area contributed by atoms with Gasteiger partial charge in [0.25, 0.3) is 5.91 Å². The second-order valence-corrected chi connectivity index (χ2v) is 10.6. The lowest BCUT2D eigenvalue weighted by Crippen LogP contribution is -2.42. The molecule has 5 rings (SSSR count). The Labute approximate surface area is 204 Å². The van der Waals surface area contributed by atoms with E-state index in [-0.39, 0.29) is 18.5 Å². The maximum Gasteiger partial charge on any atom is 0.258 e. The average molecular weight is 497 g/mol. The molecule has 0 aromatic carbocycles. The number of H-pyrrole nitrogens is 1. The van der Waals surface area contributed by atoms with Crippen molar-refractivity contribution in [2.45, 2.75) is 43.6 Å². The molecule has 0 saturated carbocycles. The summed E-state index contributed by atoms with van der Waals surface area (Å²) in [5.41, 5.74) is 7.08. The fourth-order valence-electron chi connectivity index (χ4n) is 5.08. The second-order valence-electron chi connectivity index (χ2n) is 8.53. The van der Waals surface area contributed by atoms with Crippen LogP contribution in [0, 0.1) is 11.3 Å². The van der Waals surface area contributed by atoms with Crippen LogP contribution in [0.3, 0.4) is 0 Å². The molecule has 4 N–H and O–H groups in total. The Kier molecular flexibility index (Phi) is 6.16. The molecule has 1 fully saturated rings. The maximum absolute atomic E-state index is 12.7. The fraction of sp³-hybridized carbons (Fsp3) is 0.455. The number of hydrogen-bond donors (Lipinski definition) is 3. The van der Waals surface area contributed by atoms with Gasteiger partial charge < -0.3 is 16.0 Å². The van der Waals surface area contributed by atoms with E-state index < -0.39 is 11.3 Å². The normalized spacial score (nSPS) is 21.5. The van der Waals surface area contributed by atoms with Crippen molar-refractivity contribution in [1.29, 1.82) is 5.26 Å². The molecule has 0 radical (unpaired) electrons. The molecule has 176 valence electrons. The summed E-state index contributed by atoms with van der Waals surface area (Å²) in [6, 6.07) is 5.87. The largest absolute Gasteiger partial charge is 0.365 e. The average Bonchev–Trinajstić information content (AvgIpc) is 3.64. The van der Waals surface area contributed by atoms with E-state index in [1.165, 1.54) is 16.2 Å². The quantitative estimate of drug-likeness (QED) is 0.417. The van der Waals surface area contributed by atoms with Gasteiger partial charge in [-0.3, -0.25) is 9.59 Å². The van der Waals surface area contributed by atoms with E-state index >= 15 is 0 Å². The lowest BCUT2D eigenvalue weighted by Gasteiger charge is -2.31. The molecule has 2 aliphatic rings. The number of nitrogens with zero attached hydrogens (tertiary/aromatic N) is 5. The summed E-state index contributed by atoms with van der Waals surface area (Å²) in [6.07, 6.45) is 3.80. The Balaban J connectivity index is 1.46. The number of carbonyl (C=O) groups is 2. The van der Waals surface area contributed by atoms with Gasteiger partial charge in [0.1, 0.15) is 6.04 Å². The van der Waals surface area contributed by atoms with Crippen LogP contribution in [0.2, 0.25) is 0 Å². The second kappa shape index (κ2) is 9.25. The van der Waals surface area contributed by atoms with E-state index in [1.54, 1.807) is 16.2 Å². The number of rotatable bonds is 7. The molecular formula is C22H24N8O2S2. The highest BCUT2D eigenvalue weighted by Crippen LogP contribution is 2.49. The summed E-state index contributed by atoms with van der Waals surface area (Å²) in [5.74, 6) is 0.0139. The summed E-state index contributed by atoms with van der Waals surface area (Å²) >= 11 is 3.09. The van der Waals surface area contributed by atoms with E-state index in [0.717, 1.165) is 41.7 Å². The Bertz CT molecular complexity index is 1240. The molecule has 2 atom stereocenters. The molecule has 2 unspecified atom stereocenters. The number of aromatic amines is 1. The number of fused-ring (bicyclic) bond motifs is 2. The van der Waals surface area contributed by atoms with Crippen LogP contribution in [-0.4, -0.2) is 63.0 Å². The van der Waals surface area contributed by atoms with Gasteiger partial charge in [0.05, 0.1) is 22.9 Å². The molecule has 0 bridgehead atoms. The first-order valence-electron chi connectivity index (χ1n) is 11.2. The number of thiophene rings is 2.